The van der Waals surface area contributed by atoms with Gasteiger partial charge in [0.05, 0.1) is 11.9 Å². The molecule has 1 aliphatic heterocycles. The fourth-order valence-corrected chi connectivity index (χ4v) is 6.13. The first-order chi connectivity index (χ1) is 21.0. The number of nitrogens with zero attached hydrogens (tertiary/aromatic N) is 2. The summed E-state index contributed by atoms with van der Waals surface area (Å²) >= 11 is 0. The van der Waals surface area contributed by atoms with E-state index in [1.165, 1.54) is 4.31 Å². The second-order valence-electron chi connectivity index (χ2n) is 11.6. The Bertz CT molecular complexity index is 1530. The van der Waals surface area contributed by atoms with Crippen LogP contribution in [0.5, 0.6) is 11.5 Å². The summed E-state index contributed by atoms with van der Waals surface area (Å²) in [6.07, 6.45) is 1.82. The van der Waals surface area contributed by atoms with Crippen molar-refractivity contribution in [1.29, 1.82) is 0 Å². The topological polar surface area (TPSA) is 105 Å². The third kappa shape index (κ3) is 9.22. The van der Waals surface area contributed by atoms with Crippen LogP contribution in [0.1, 0.15) is 43.4 Å². The minimum Gasteiger partial charge on any atom is -0.486 e. The summed E-state index contributed by atoms with van der Waals surface area (Å²) in [6.45, 7) is 7.70. The summed E-state index contributed by atoms with van der Waals surface area (Å²) in [5.74, 6) is 0.870. The third-order valence-corrected chi connectivity index (χ3v) is 8.55. The van der Waals surface area contributed by atoms with E-state index in [1.54, 1.807) is 23.1 Å². The summed E-state index contributed by atoms with van der Waals surface area (Å²) in [5, 5.41) is 3.03. The van der Waals surface area contributed by atoms with E-state index in [4.69, 9.17) is 9.47 Å². The van der Waals surface area contributed by atoms with Crippen LogP contribution in [0.4, 0.5) is 5.69 Å². The lowest BCUT2D eigenvalue weighted by atomic mass is 10.0. The van der Waals surface area contributed by atoms with Crippen LogP contribution in [0.3, 0.4) is 0 Å². The van der Waals surface area contributed by atoms with Gasteiger partial charge < -0.3 is 19.7 Å². The van der Waals surface area contributed by atoms with Gasteiger partial charge in [-0.25, -0.2) is 8.42 Å². The largest absolute Gasteiger partial charge is 0.486 e. The quantitative estimate of drug-likeness (QED) is 0.279. The molecular weight excluding hydrogens is 578 g/mol. The number of rotatable bonds is 14. The molecule has 3 aromatic rings. The van der Waals surface area contributed by atoms with Crippen LogP contribution < -0.4 is 19.1 Å². The maximum Gasteiger partial charge on any atom is 0.243 e. The number of carbonyl (C=O) groups excluding carboxylic acids is 2. The molecule has 1 N–H and O–H groups in total. The number of sulfonamides is 1. The fraction of sp³-hybridized carbons (Fsp3) is 0.412. The van der Waals surface area contributed by atoms with Crippen LogP contribution in [0.15, 0.2) is 72.8 Å². The Morgan fingerprint density at radius 1 is 0.909 bits per heavy atom. The van der Waals surface area contributed by atoms with Gasteiger partial charge in [-0.1, -0.05) is 74.0 Å². The van der Waals surface area contributed by atoms with Gasteiger partial charge in [0.15, 0.2) is 11.5 Å². The molecular formula is C34H43N3O6S. The Hall–Kier alpha value is -4.05. The van der Waals surface area contributed by atoms with Crippen LogP contribution in [-0.2, 0) is 32.6 Å². The summed E-state index contributed by atoms with van der Waals surface area (Å²) in [7, 11) is -3.65. The summed E-state index contributed by atoms with van der Waals surface area (Å²) in [6, 6.07) is 21.8. The fourth-order valence-electron chi connectivity index (χ4n) is 5.17. The number of anilines is 1. The zero-order valence-corrected chi connectivity index (χ0v) is 26.8. The highest BCUT2D eigenvalue weighted by atomic mass is 32.2. The van der Waals surface area contributed by atoms with E-state index in [1.807, 2.05) is 75.4 Å². The first kappa shape index (κ1) is 32.9. The lowest BCUT2D eigenvalue weighted by Crippen LogP contribution is -2.51. The van der Waals surface area contributed by atoms with Gasteiger partial charge in [0.2, 0.25) is 21.8 Å². The number of hydrogen-bond acceptors (Lipinski definition) is 6. The molecule has 1 atom stereocenters. The van der Waals surface area contributed by atoms with Gasteiger partial charge in [-0.3, -0.25) is 13.9 Å². The maximum absolute atomic E-state index is 14.0. The average molecular weight is 622 g/mol. The molecule has 0 saturated carbocycles. The zero-order chi connectivity index (χ0) is 31.7. The number of hydrogen-bond donors (Lipinski definition) is 1. The third-order valence-electron chi connectivity index (χ3n) is 7.36. The van der Waals surface area contributed by atoms with E-state index in [0.717, 1.165) is 22.9 Å². The van der Waals surface area contributed by atoms with Crippen molar-refractivity contribution in [3.05, 3.63) is 89.5 Å². The van der Waals surface area contributed by atoms with Crippen LogP contribution in [-0.4, -0.2) is 63.7 Å². The highest BCUT2D eigenvalue weighted by Gasteiger charge is 2.31. The molecule has 44 heavy (non-hydrogen) atoms. The number of carbonyl (C=O) groups is 2. The molecule has 9 nitrogen and oxygen atoms in total. The van der Waals surface area contributed by atoms with E-state index in [-0.39, 0.29) is 43.7 Å². The van der Waals surface area contributed by atoms with Crippen molar-refractivity contribution in [1.82, 2.24) is 10.2 Å². The van der Waals surface area contributed by atoms with Crippen molar-refractivity contribution < 1.29 is 27.5 Å². The Morgan fingerprint density at radius 3 is 2.30 bits per heavy atom. The second kappa shape index (κ2) is 15.1. The number of ether oxygens (including phenoxy) is 2. The molecule has 0 saturated heterocycles. The molecule has 1 heterocycles. The van der Waals surface area contributed by atoms with Crippen molar-refractivity contribution in [3.8, 4) is 11.5 Å². The van der Waals surface area contributed by atoms with Crippen molar-refractivity contribution in [2.75, 3.05) is 36.9 Å². The standard InChI is InChI=1S/C34H43N3O6S/c1-25(2)23-35-34(39)30(21-27-11-6-5-7-12-27)36(24-28-13-8-10-26(3)20-28)33(38)14-9-17-37(44(4,40)41)29-15-16-31-32(22-29)43-19-18-42-31/h5-8,10-13,15-16,20,22,25,30H,9,14,17-19,21,23-24H2,1-4H3,(H,35,39). The van der Waals surface area contributed by atoms with Gasteiger partial charge in [-0.05, 0) is 42.5 Å². The molecule has 4 rings (SSSR count). The van der Waals surface area contributed by atoms with E-state index in [0.29, 0.717) is 43.4 Å². The number of fused-ring (bicyclic) bond motifs is 1. The molecule has 0 bridgehead atoms. The Morgan fingerprint density at radius 2 is 1.61 bits per heavy atom. The van der Waals surface area contributed by atoms with Crippen LogP contribution in [0.2, 0.25) is 0 Å². The lowest BCUT2D eigenvalue weighted by Gasteiger charge is -2.32. The summed E-state index contributed by atoms with van der Waals surface area (Å²) in [4.78, 5) is 29.3. The van der Waals surface area contributed by atoms with Gasteiger partial charge >= 0.3 is 0 Å². The van der Waals surface area contributed by atoms with Gasteiger partial charge in [-0.15, -0.1) is 0 Å². The van der Waals surface area contributed by atoms with E-state index < -0.39 is 16.1 Å². The van der Waals surface area contributed by atoms with Gasteiger partial charge in [-0.2, -0.15) is 0 Å². The lowest BCUT2D eigenvalue weighted by molar-refractivity contribution is -0.141. The predicted molar refractivity (Wildman–Crippen MR) is 172 cm³/mol. The molecule has 1 unspecified atom stereocenters. The SMILES string of the molecule is Cc1cccc(CN(C(=O)CCCN(c2ccc3c(c2)OCCO3)S(C)(=O)=O)C(Cc2ccccc2)C(=O)NCC(C)C)c1. The number of aryl methyl sites for hydroxylation is 1. The molecule has 2 amide bonds. The number of amides is 2. The van der Waals surface area contributed by atoms with E-state index >= 15 is 0 Å². The van der Waals surface area contributed by atoms with Crippen LogP contribution in [0.25, 0.3) is 0 Å². The molecule has 0 aliphatic carbocycles. The normalized spacial score (nSPS) is 13.3. The van der Waals surface area contributed by atoms with Crippen molar-refractivity contribution >= 4 is 27.5 Å². The smallest absolute Gasteiger partial charge is 0.243 e. The van der Waals surface area contributed by atoms with E-state index in [9.17, 15) is 18.0 Å². The summed E-state index contributed by atoms with van der Waals surface area (Å²) < 4.78 is 38.1. The molecule has 0 radical (unpaired) electrons. The Balaban J connectivity index is 1.57. The zero-order valence-electron chi connectivity index (χ0n) is 26.0. The minimum atomic E-state index is -3.65. The van der Waals surface area contributed by atoms with Crippen molar-refractivity contribution in [2.45, 2.75) is 52.6 Å². The predicted octanol–water partition coefficient (Wildman–Crippen LogP) is 4.72. The first-order valence-electron chi connectivity index (χ1n) is 15.1. The minimum absolute atomic E-state index is 0.0607. The average Bonchev–Trinajstić information content (AvgIpc) is 2.99. The van der Waals surface area contributed by atoms with Crippen molar-refractivity contribution in [3.63, 3.8) is 0 Å². The molecule has 3 aromatic carbocycles. The highest BCUT2D eigenvalue weighted by molar-refractivity contribution is 7.92. The van der Waals surface area contributed by atoms with Gasteiger partial charge in [0.1, 0.15) is 19.3 Å². The monoisotopic (exact) mass is 621 g/mol. The van der Waals surface area contributed by atoms with Gasteiger partial charge in [0, 0.05) is 38.5 Å². The van der Waals surface area contributed by atoms with Gasteiger partial charge in [0.25, 0.3) is 0 Å². The molecule has 10 heteroatoms. The Labute approximate surface area is 261 Å². The van der Waals surface area contributed by atoms with Crippen LogP contribution >= 0.6 is 0 Å². The highest BCUT2D eigenvalue weighted by Crippen LogP contribution is 2.35. The first-order valence-corrected chi connectivity index (χ1v) is 16.9. The molecule has 236 valence electrons. The van der Waals surface area contributed by atoms with Crippen LogP contribution in [0, 0.1) is 12.8 Å². The second-order valence-corrected chi connectivity index (χ2v) is 13.5. The number of benzene rings is 3. The molecule has 1 aliphatic rings. The molecule has 0 fully saturated rings. The molecule has 0 aromatic heterocycles. The summed E-state index contributed by atoms with van der Waals surface area (Å²) in [5.41, 5.74) is 3.36. The van der Waals surface area contributed by atoms with E-state index in [2.05, 4.69) is 5.32 Å². The number of nitrogens with one attached hydrogen (secondary N) is 1. The van der Waals surface area contributed by atoms with Crippen molar-refractivity contribution in [2.24, 2.45) is 5.92 Å². The molecule has 0 spiro atoms. The Kier molecular flexibility index (Phi) is 11.3. The maximum atomic E-state index is 14.0.